The zero-order chi connectivity index (χ0) is 18.6. The second-order valence-corrected chi connectivity index (χ2v) is 8.93. The lowest BCUT2D eigenvalue weighted by molar-refractivity contribution is -0.108. The molecule has 2 aromatic carbocycles. The number of rotatable bonds is 5. The van der Waals surface area contributed by atoms with Crippen LogP contribution in [0, 0.1) is 0 Å². The van der Waals surface area contributed by atoms with E-state index in [1.54, 1.807) is 52.8 Å². The molecule has 1 aliphatic rings. The standard InChI is InChI=1S/C20H22ClNO3S/c21-18-10-8-16(9-11-18)20(15-23)17-6-5-7-19(14-17)26(24,25)22-12-3-1-2-4-13-22/h5-11,14-15,20H,1-4,12-13H2. The maximum atomic E-state index is 13.0. The Morgan fingerprint density at radius 3 is 2.19 bits per heavy atom. The summed E-state index contributed by atoms with van der Waals surface area (Å²) in [5.41, 5.74) is 1.45. The molecular weight excluding hydrogens is 370 g/mol. The molecule has 3 rings (SSSR count). The predicted octanol–water partition coefficient (Wildman–Crippen LogP) is 4.24. The van der Waals surface area contributed by atoms with Crippen LogP contribution in [0.4, 0.5) is 0 Å². The van der Waals surface area contributed by atoms with Crippen LogP contribution in [0.5, 0.6) is 0 Å². The Labute approximate surface area is 159 Å². The molecule has 1 heterocycles. The van der Waals surface area contributed by atoms with Gasteiger partial charge in [0, 0.05) is 18.1 Å². The molecule has 0 radical (unpaired) electrons. The van der Waals surface area contributed by atoms with E-state index in [-0.39, 0.29) is 4.90 Å². The molecule has 4 nitrogen and oxygen atoms in total. The van der Waals surface area contributed by atoms with Crippen molar-refractivity contribution in [1.29, 1.82) is 0 Å². The van der Waals surface area contributed by atoms with Gasteiger partial charge in [-0.3, -0.25) is 0 Å². The number of hydrogen-bond donors (Lipinski definition) is 0. The third-order valence-electron chi connectivity index (χ3n) is 4.79. The second kappa shape index (κ2) is 8.33. The Bertz CT molecular complexity index is 857. The normalized spacial score (nSPS) is 17.4. The SMILES string of the molecule is O=CC(c1ccc(Cl)cc1)c1cccc(S(=O)(=O)N2CCCCCC2)c1. The average Bonchev–Trinajstić information content (AvgIpc) is 2.94. The van der Waals surface area contributed by atoms with Gasteiger partial charge in [0.05, 0.1) is 10.8 Å². The van der Waals surface area contributed by atoms with Crippen LogP contribution in [0.15, 0.2) is 53.4 Å². The summed E-state index contributed by atoms with van der Waals surface area (Å²) < 4.78 is 27.6. The molecule has 138 valence electrons. The molecule has 1 saturated heterocycles. The third kappa shape index (κ3) is 4.17. The highest BCUT2D eigenvalue weighted by Crippen LogP contribution is 2.27. The first-order valence-corrected chi connectivity index (χ1v) is 10.6. The fourth-order valence-electron chi connectivity index (χ4n) is 3.32. The predicted molar refractivity (Wildman–Crippen MR) is 103 cm³/mol. The van der Waals surface area contributed by atoms with Crippen molar-refractivity contribution in [1.82, 2.24) is 4.31 Å². The molecule has 1 unspecified atom stereocenters. The highest BCUT2D eigenvalue weighted by atomic mass is 35.5. The lowest BCUT2D eigenvalue weighted by Gasteiger charge is -2.21. The van der Waals surface area contributed by atoms with Crippen molar-refractivity contribution >= 4 is 27.9 Å². The van der Waals surface area contributed by atoms with Gasteiger partial charge in [-0.15, -0.1) is 0 Å². The Morgan fingerprint density at radius 1 is 0.923 bits per heavy atom. The lowest BCUT2D eigenvalue weighted by Crippen LogP contribution is -2.32. The van der Waals surface area contributed by atoms with Crippen molar-refractivity contribution in [2.24, 2.45) is 0 Å². The summed E-state index contributed by atoms with van der Waals surface area (Å²) in [7, 11) is -3.54. The molecule has 0 spiro atoms. The topological polar surface area (TPSA) is 54.5 Å². The summed E-state index contributed by atoms with van der Waals surface area (Å²) in [6, 6.07) is 13.7. The van der Waals surface area contributed by atoms with Crippen molar-refractivity contribution in [3.8, 4) is 0 Å². The summed E-state index contributed by atoms with van der Waals surface area (Å²) in [5.74, 6) is -0.522. The van der Waals surface area contributed by atoms with E-state index in [1.165, 1.54) is 0 Å². The van der Waals surface area contributed by atoms with Crippen LogP contribution in [0.2, 0.25) is 5.02 Å². The van der Waals surface area contributed by atoms with Crippen molar-refractivity contribution in [3.05, 3.63) is 64.7 Å². The Morgan fingerprint density at radius 2 is 1.58 bits per heavy atom. The van der Waals surface area contributed by atoms with Crippen LogP contribution in [-0.4, -0.2) is 32.1 Å². The lowest BCUT2D eigenvalue weighted by atomic mass is 9.93. The van der Waals surface area contributed by atoms with E-state index < -0.39 is 15.9 Å². The fourth-order valence-corrected chi connectivity index (χ4v) is 5.02. The second-order valence-electron chi connectivity index (χ2n) is 6.56. The Kier molecular flexibility index (Phi) is 6.12. The van der Waals surface area contributed by atoms with Crippen molar-refractivity contribution in [2.45, 2.75) is 36.5 Å². The van der Waals surface area contributed by atoms with Crippen molar-refractivity contribution < 1.29 is 13.2 Å². The first kappa shape index (κ1) is 19.1. The van der Waals surface area contributed by atoms with Gasteiger partial charge in [-0.25, -0.2) is 8.42 Å². The summed E-state index contributed by atoms with van der Waals surface area (Å²) in [4.78, 5) is 12.0. The molecule has 1 atom stereocenters. The number of benzene rings is 2. The smallest absolute Gasteiger partial charge is 0.243 e. The summed E-state index contributed by atoms with van der Waals surface area (Å²) >= 11 is 5.92. The fraction of sp³-hybridized carbons (Fsp3) is 0.350. The molecule has 0 N–H and O–H groups in total. The quantitative estimate of drug-likeness (QED) is 0.716. The van der Waals surface area contributed by atoms with Crippen LogP contribution < -0.4 is 0 Å². The number of hydrogen-bond acceptors (Lipinski definition) is 3. The van der Waals surface area contributed by atoms with E-state index in [0.29, 0.717) is 23.7 Å². The first-order valence-electron chi connectivity index (χ1n) is 8.83. The minimum absolute atomic E-state index is 0.248. The molecule has 6 heteroatoms. The molecule has 1 aliphatic heterocycles. The zero-order valence-electron chi connectivity index (χ0n) is 14.5. The number of carbonyl (C=O) groups is 1. The molecule has 0 bridgehead atoms. The molecule has 0 amide bonds. The molecule has 2 aromatic rings. The minimum atomic E-state index is -3.54. The van der Waals surface area contributed by atoms with Gasteiger partial charge in [-0.2, -0.15) is 4.31 Å². The van der Waals surface area contributed by atoms with Gasteiger partial charge >= 0.3 is 0 Å². The van der Waals surface area contributed by atoms with Crippen molar-refractivity contribution in [2.75, 3.05) is 13.1 Å². The van der Waals surface area contributed by atoms with Gasteiger partial charge in [0.25, 0.3) is 0 Å². The molecule has 0 aliphatic carbocycles. The maximum Gasteiger partial charge on any atom is 0.243 e. The van der Waals surface area contributed by atoms with Gasteiger partial charge < -0.3 is 4.79 Å². The van der Waals surface area contributed by atoms with E-state index in [2.05, 4.69) is 0 Å². The maximum absolute atomic E-state index is 13.0. The van der Waals surface area contributed by atoms with E-state index in [0.717, 1.165) is 37.5 Å². The number of sulfonamides is 1. The number of halogens is 1. The van der Waals surface area contributed by atoms with E-state index in [9.17, 15) is 13.2 Å². The van der Waals surface area contributed by atoms with Crippen LogP contribution in [0.25, 0.3) is 0 Å². The molecule has 0 saturated carbocycles. The Hall–Kier alpha value is -1.69. The molecule has 0 aromatic heterocycles. The van der Waals surface area contributed by atoms with E-state index >= 15 is 0 Å². The average molecular weight is 392 g/mol. The molecule has 26 heavy (non-hydrogen) atoms. The Balaban J connectivity index is 1.93. The number of carbonyl (C=O) groups excluding carboxylic acids is 1. The van der Waals surface area contributed by atoms with E-state index in [4.69, 9.17) is 11.6 Å². The van der Waals surface area contributed by atoms with Crippen LogP contribution in [-0.2, 0) is 14.8 Å². The molecule has 1 fully saturated rings. The molecular formula is C20H22ClNO3S. The van der Waals surface area contributed by atoms with Gasteiger partial charge in [0.2, 0.25) is 10.0 Å². The van der Waals surface area contributed by atoms with Gasteiger partial charge in [-0.05, 0) is 48.2 Å². The highest BCUT2D eigenvalue weighted by molar-refractivity contribution is 7.89. The summed E-state index contributed by atoms with van der Waals surface area (Å²) in [5, 5.41) is 0.593. The van der Waals surface area contributed by atoms with Crippen LogP contribution in [0.1, 0.15) is 42.7 Å². The van der Waals surface area contributed by atoms with Gasteiger partial charge in [-0.1, -0.05) is 48.7 Å². The highest BCUT2D eigenvalue weighted by Gasteiger charge is 2.26. The summed E-state index contributed by atoms with van der Waals surface area (Å²) in [6.07, 6.45) is 4.74. The largest absolute Gasteiger partial charge is 0.302 e. The van der Waals surface area contributed by atoms with E-state index in [1.807, 2.05) is 0 Å². The monoisotopic (exact) mass is 391 g/mol. The zero-order valence-corrected chi connectivity index (χ0v) is 16.0. The van der Waals surface area contributed by atoms with Crippen LogP contribution >= 0.6 is 11.6 Å². The number of nitrogens with zero attached hydrogens (tertiary/aromatic N) is 1. The third-order valence-corrected chi connectivity index (χ3v) is 6.93. The van der Waals surface area contributed by atoms with Gasteiger partial charge in [0.1, 0.15) is 6.29 Å². The summed E-state index contributed by atoms with van der Waals surface area (Å²) in [6.45, 7) is 1.11. The number of aldehydes is 1. The first-order chi connectivity index (χ1) is 12.5. The van der Waals surface area contributed by atoms with Crippen molar-refractivity contribution in [3.63, 3.8) is 0 Å². The minimum Gasteiger partial charge on any atom is -0.302 e. The van der Waals surface area contributed by atoms with Gasteiger partial charge in [0.15, 0.2) is 0 Å². The van der Waals surface area contributed by atoms with Crippen LogP contribution in [0.3, 0.4) is 0 Å².